The molecule has 1 aliphatic rings. The molecule has 1 aromatic carbocycles. The fraction of sp³-hybridized carbons (Fsp3) is 0.560. The van der Waals surface area contributed by atoms with Gasteiger partial charge in [-0.15, -0.1) is 11.8 Å². The number of hydrogen-bond acceptors (Lipinski definition) is 7. The Morgan fingerprint density at radius 1 is 1.27 bits per heavy atom. The number of carbonyl (C=O) groups is 2. The maximum Gasteiger partial charge on any atom is 0.328 e. The van der Waals surface area contributed by atoms with Crippen LogP contribution in [0.2, 0.25) is 0 Å². The average Bonchev–Trinajstić information content (AvgIpc) is 3.53. The second kappa shape index (κ2) is 13.1. The fourth-order valence-electron chi connectivity index (χ4n) is 3.90. The highest BCUT2D eigenvalue weighted by Crippen LogP contribution is 2.34. The number of carboxylic acid groups (broad SMARTS) is 1. The van der Waals surface area contributed by atoms with E-state index >= 15 is 0 Å². The first-order valence-corrected chi connectivity index (χ1v) is 15.8. The van der Waals surface area contributed by atoms with Gasteiger partial charge < -0.3 is 5.11 Å². The maximum atomic E-state index is 13.4. The smallest absolute Gasteiger partial charge is 0.328 e. The van der Waals surface area contributed by atoms with E-state index in [-0.39, 0.29) is 10.9 Å². The zero-order chi connectivity index (χ0) is 27.1. The molecule has 1 saturated carbocycles. The number of aliphatic carboxylic acids is 1. The molecule has 1 heterocycles. The lowest BCUT2D eigenvalue weighted by Gasteiger charge is -2.26. The standard InChI is InChI=1S/C25H36N4O5S3/c1-4-5-13-27-37(33,34)20-12-8-11-19(14-20)29(16-18-9-6-7-10-18)24(32)28-23-26-15-21(36-23)35-17-25(2,3)22(30)31/h8,11-12,14-15,18,27H,4-7,9-10,13,16-17H2,1-3H3,(H,30,31)(H,26,28,32). The maximum absolute atomic E-state index is 13.4. The largest absolute Gasteiger partial charge is 0.481 e. The van der Waals surface area contributed by atoms with Crippen molar-refractivity contribution in [3.05, 3.63) is 30.5 Å². The number of aromatic nitrogens is 1. The minimum absolute atomic E-state index is 0.124. The van der Waals surface area contributed by atoms with Gasteiger partial charge in [0.2, 0.25) is 10.0 Å². The highest BCUT2D eigenvalue weighted by atomic mass is 32.2. The molecule has 0 saturated heterocycles. The fourth-order valence-corrected chi connectivity index (χ4v) is 6.95. The van der Waals surface area contributed by atoms with Crippen LogP contribution in [-0.2, 0) is 14.8 Å². The van der Waals surface area contributed by atoms with Crippen molar-refractivity contribution >= 4 is 55.9 Å². The Labute approximate surface area is 227 Å². The Hall–Kier alpha value is -2.15. The zero-order valence-corrected chi connectivity index (χ0v) is 24.0. The van der Waals surface area contributed by atoms with Gasteiger partial charge in [-0.25, -0.2) is 22.9 Å². The lowest BCUT2D eigenvalue weighted by molar-refractivity contribution is -0.145. The number of amides is 2. The molecule has 1 aliphatic carbocycles. The van der Waals surface area contributed by atoms with E-state index in [4.69, 9.17) is 0 Å². The number of nitrogens with one attached hydrogen (secondary N) is 2. The number of carboxylic acids is 1. The van der Waals surface area contributed by atoms with Gasteiger partial charge in [0.1, 0.15) is 0 Å². The van der Waals surface area contributed by atoms with Crippen LogP contribution in [-0.4, -0.2) is 49.4 Å². The van der Waals surface area contributed by atoms with Crippen LogP contribution in [0.1, 0.15) is 59.3 Å². The first-order valence-electron chi connectivity index (χ1n) is 12.5. The summed E-state index contributed by atoms with van der Waals surface area (Å²) in [6.07, 6.45) is 7.54. The summed E-state index contributed by atoms with van der Waals surface area (Å²) >= 11 is 2.67. The predicted molar refractivity (Wildman–Crippen MR) is 149 cm³/mol. The molecule has 0 atom stereocenters. The van der Waals surface area contributed by atoms with E-state index in [1.54, 1.807) is 43.1 Å². The molecule has 2 aromatic rings. The molecule has 9 nitrogen and oxygen atoms in total. The Bertz CT molecular complexity index is 1180. The molecule has 0 radical (unpaired) electrons. The van der Waals surface area contributed by atoms with Gasteiger partial charge in [0.15, 0.2) is 5.13 Å². The molecule has 0 unspecified atom stereocenters. The number of hydrogen-bond donors (Lipinski definition) is 3. The molecular formula is C25H36N4O5S3. The second-order valence-electron chi connectivity index (χ2n) is 9.90. The Balaban J connectivity index is 1.77. The van der Waals surface area contributed by atoms with E-state index in [9.17, 15) is 23.1 Å². The van der Waals surface area contributed by atoms with Crippen molar-refractivity contribution in [3.8, 4) is 0 Å². The lowest BCUT2D eigenvalue weighted by Crippen LogP contribution is -2.38. The summed E-state index contributed by atoms with van der Waals surface area (Å²) in [5.41, 5.74) is -0.371. The number of sulfonamides is 1. The Kier molecular flexibility index (Phi) is 10.4. The summed E-state index contributed by atoms with van der Waals surface area (Å²) < 4.78 is 29.0. The van der Waals surface area contributed by atoms with Crippen LogP contribution in [0.4, 0.5) is 15.6 Å². The Morgan fingerprint density at radius 2 is 2.00 bits per heavy atom. The summed E-state index contributed by atoms with van der Waals surface area (Å²) in [7, 11) is -3.68. The van der Waals surface area contributed by atoms with Gasteiger partial charge in [0.05, 0.1) is 20.7 Å². The number of unbranched alkanes of at least 4 members (excludes halogenated alkanes) is 1. The SMILES string of the molecule is CCCCNS(=O)(=O)c1cccc(N(CC2CCCC2)C(=O)Nc2ncc(SCC(C)(C)C(=O)O)s2)c1. The monoisotopic (exact) mass is 568 g/mol. The van der Waals surface area contributed by atoms with Crippen LogP contribution in [0.15, 0.2) is 39.6 Å². The van der Waals surface area contributed by atoms with Gasteiger partial charge >= 0.3 is 12.0 Å². The second-order valence-corrected chi connectivity index (χ2v) is 14.0. The molecule has 0 bridgehead atoms. The van der Waals surface area contributed by atoms with E-state index in [2.05, 4.69) is 15.0 Å². The molecule has 37 heavy (non-hydrogen) atoms. The van der Waals surface area contributed by atoms with E-state index < -0.39 is 21.4 Å². The van der Waals surface area contributed by atoms with Gasteiger partial charge in [0.25, 0.3) is 0 Å². The van der Waals surface area contributed by atoms with Crippen LogP contribution >= 0.6 is 23.1 Å². The number of rotatable bonds is 13. The minimum atomic E-state index is -3.68. The van der Waals surface area contributed by atoms with Gasteiger partial charge in [-0.1, -0.05) is 43.6 Å². The van der Waals surface area contributed by atoms with Crippen LogP contribution < -0.4 is 14.9 Å². The quantitative estimate of drug-likeness (QED) is 0.210. The normalized spacial score (nSPS) is 14.6. The molecule has 3 N–H and O–H groups in total. The number of thioether (sulfide) groups is 1. The molecule has 2 amide bonds. The van der Waals surface area contributed by atoms with E-state index in [0.29, 0.717) is 35.6 Å². The number of anilines is 2. The number of benzene rings is 1. The van der Waals surface area contributed by atoms with Gasteiger partial charge in [0, 0.05) is 24.5 Å². The summed E-state index contributed by atoms with van der Waals surface area (Å²) in [5.74, 6) is -0.154. The average molecular weight is 569 g/mol. The molecule has 0 aliphatic heterocycles. The minimum Gasteiger partial charge on any atom is -0.481 e. The van der Waals surface area contributed by atoms with Crippen LogP contribution in [0.25, 0.3) is 0 Å². The van der Waals surface area contributed by atoms with Crippen molar-refractivity contribution in [2.45, 2.75) is 68.4 Å². The molecule has 1 fully saturated rings. The number of nitrogens with zero attached hydrogens (tertiary/aromatic N) is 2. The number of thiazole rings is 1. The predicted octanol–water partition coefficient (Wildman–Crippen LogP) is 5.65. The summed E-state index contributed by atoms with van der Waals surface area (Å²) in [6, 6.07) is 6.10. The molecular weight excluding hydrogens is 532 g/mol. The zero-order valence-electron chi connectivity index (χ0n) is 21.5. The molecule has 1 aromatic heterocycles. The summed E-state index contributed by atoms with van der Waals surface area (Å²) in [6.45, 7) is 6.18. The van der Waals surface area contributed by atoms with Crippen LogP contribution in [0.3, 0.4) is 0 Å². The third kappa shape index (κ3) is 8.42. The third-order valence-electron chi connectivity index (χ3n) is 6.28. The van der Waals surface area contributed by atoms with E-state index in [1.165, 1.54) is 29.2 Å². The molecule has 12 heteroatoms. The van der Waals surface area contributed by atoms with Crippen molar-refractivity contribution in [3.63, 3.8) is 0 Å². The Morgan fingerprint density at radius 3 is 2.68 bits per heavy atom. The van der Waals surface area contributed by atoms with Gasteiger partial charge in [-0.2, -0.15) is 0 Å². The van der Waals surface area contributed by atoms with Crippen molar-refractivity contribution < 1.29 is 23.1 Å². The van der Waals surface area contributed by atoms with Crippen molar-refractivity contribution in [2.24, 2.45) is 11.3 Å². The van der Waals surface area contributed by atoms with E-state index in [0.717, 1.165) is 42.7 Å². The highest BCUT2D eigenvalue weighted by Gasteiger charge is 2.28. The number of urea groups is 1. The van der Waals surface area contributed by atoms with Crippen molar-refractivity contribution in [1.82, 2.24) is 9.71 Å². The topological polar surface area (TPSA) is 129 Å². The van der Waals surface area contributed by atoms with Crippen LogP contribution in [0.5, 0.6) is 0 Å². The van der Waals surface area contributed by atoms with Gasteiger partial charge in [-0.05, 0) is 57.2 Å². The molecule has 0 spiro atoms. The van der Waals surface area contributed by atoms with Crippen LogP contribution in [0, 0.1) is 11.3 Å². The highest BCUT2D eigenvalue weighted by molar-refractivity contribution is 8.01. The molecule has 3 rings (SSSR count). The third-order valence-corrected chi connectivity index (χ3v) is 10.3. The summed E-state index contributed by atoms with van der Waals surface area (Å²) in [4.78, 5) is 30.8. The lowest BCUT2D eigenvalue weighted by atomic mass is 9.97. The first kappa shape index (κ1) is 29.4. The first-order chi connectivity index (χ1) is 17.5. The van der Waals surface area contributed by atoms with Crippen molar-refractivity contribution in [2.75, 3.05) is 29.1 Å². The van der Waals surface area contributed by atoms with Crippen molar-refractivity contribution in [1.29, 1.82) is 0 Å². The summed E-state index contributed by atoms with van der Waals surface area (Å²) in [5, 5.41) is 12.6. The molecule has 204 valence electrons. The van der Waals surface area contributed by atoms with Gasteiger partial charge in [-0.3, -0.25) is 15.0 Å². The number of carbonyl (C=O) groups excluding carboxylic acids is 1. The van der Waals surface area contributed by atoms with E-state index in [1.807, 2.05) is 6.92 Å².